The topological polar surface area (TPSA) is 141 Å². The molecule has 4 rings (SSSR count). The van der Waals surface area contributed by atoms with Gasteiger partial charge in [0, 0.05) is 9.49 Å². The van der Waals surface area contributed by atoms with Crippen molar-refractivity contribution in [2.45, 2.75) is 25.0 Å². The minimum Gasteiger partial charge on any atom is -0.511 e. The van der Waals surface area contributed by atoms with Crippen molar-refractivity contribution >= 4 is 40.1 Å². The van der Waals surface area contributed by atoms with Crippen molar-refractivity contribution in [3.05, 3.63) is 38.2 Å². The summed E-state index contributed by atoms with van der Waals surface area (Å²) in [5, 5.41) is 32.3. The summed E-state index contributed by atoms with van der Waals surface area (Å²) in [6, 6.07) is 2.45. The third-order valence-electron chi connectivity index (χ3n) is 6.82. The van der Waals surface area contributed by atoms with Crippen LogP contribution >= 0.6 is 22.6 Å². The van der Waals surface area contributed by atoms with E-state index in [4.69, 9.17) is 5.73 Å². The quantitative estimate of drug-likeness (QED) is 0.330. The van der Waals surface area contributed by atoms with E-state index in [0.717, 1.165) is 9.13 Å². The summed E-state index contributed by atoms with van der Waals surface area (Å²) in [7, 11) is 3.39. The summed E-state index contributed by atoms with van der Waals surface area (Å²) in [4.78, 5) is 39.8. The molecule has 6 unspecified atom stereocenters. The molecule has 0 aliphatic heterocycles. The summed E-state index contributed by atoms with van der Waals surface area (Å²) in [5.41, 5.74) is 5.80. The fourth-order valence-corrected chi connectivity index (χ4v) is 6.35. The van der Waals surface area contributed by atoms with E-state index in [-0.39, 0.29) is 23.0 Å². The SMILES string of the molecule is CN(C)C1C(=O)C(C(N)=O)=C(O)C2C(O)C3C(=O)c4c(O)ccc(I)c4CC3CC21. The number of aliphatic hydroxyl groups is 2. The molecule has 5 N–H and O–H groups in total. The lowest BCUT2D eigenvalue weighted by Crippen LogP contribution is -2.60. The molecule has 6 atom stereocenters. The second-order valence-electron chi connectivity index (χ2n) is 8.59. The largest absolute Gasteiger partial charge is 0.511 e. The Bertz CT molecular complexity index is 1000. The summed E-state index contributed by atoms with van der Waals surface area (Å²) < 4.78 is 0.853. The summed E-state index contributed by atoms with van der Waals surface area (Å²) in [6.07, 6.45) is -0.426. The maximum Gasteiger partial charge on any atom is 0.255 e. The fraction of sp³-hybridized carbons (Fsp3) is 0.476. The highest BCUT2D eigenvalue weighted by atomic mass is 127. The lowest BCUT2D eigenvalue weighted by Gasteiger charge is -2.51. The van der Waals surface area contributed by atoms with Crippen molar-refractivity contribution in [1.82, 2.24) is 4.90 Å². The molecule has 1 aromatic carbocycles. The average Bonchev–Trinajstić information content (AvgIpc) is 2.63. The van der Waals surface area contributed by atoms with E-state index in [9.17, 15) is 29.7 Å². The molecular formula is C21H23IN2O6. The number of carbonyl (C=O) groups is 3. The molecule has 0 bridgehead atoms. The van der Waals surface area contributed by atoms with Gasteiger partial charge in [0.15, 0.2) is 11.6 Å². The van der Waals surface area contributed by atoms with Crippen LogP contribution in [-0.4, -0.2) is 63.9 Å². The van der Waals surface area contributed by atoms with Gasteiger partial charge in [-0.2, -0.15) is 0 Å². The van der Waals surface area contributed by atoms with Crippen molar-refractivity contribution in [1.29, 1.82) is 0 Å². The summed E-state index contributed by atoms with van der Waals surface area (Å²) in [6.45, 7) is 0. The summed E-state index contributed by atoms with van der Waals surface area (Å²) in [5.74, 6) is -5.21. The van der Waals surface area contributed by atoms with E-state index in [0.29, 0.717) is 12.8 Å². The van der Waals surface area contributed by atoms with Crippen molar-refractivity contribution in [3.8, 4) is 5.75 Å². The number of nitrogens with zero attached hydrogens (tertiary/aromatic N) is 1. The number of ketones is 2. The lowest BCUT2D eigenvalue weighted by molar-refractivity contribution is -0.132. The number of aliphatic hydroxyl groups excluding tert-OH is 2. The maximum atomic E-state index is 13.3. The van der Waals surface area contributed by atoms with Gasteiger partial charge in [0.2, 0.25) is 0 Å². The number of halogens is 1. The Morgan fingerprint density at radius 2 is 1.83 bits per heavy atom. The standard InChI is InChI=1S/C21H23IN2O6/c1-24(2)16-9-6-7-5-8-10(22)3-4-11(25)13(8)17(26)12(7)18(27)14(9)19(28)15(20(16)29)21(23)30/h3-4,7,9,12,14,16,18,25,27-28H,5-6H2,1-2H3,(H2,23,30). The molecule has 1 aromatic rings. The first kappa shape index (κ1) is 21.3. The van der Waals surface area contributed by atoms with Gasteiger partial charge >= 0.3 is 0 Å². The molecule has 3 aliphatic rings. The average molecular weight is 526 g/mol. The minimum atomic E-state index is -1.31. The number of hydrogen-bond acceptors (Lipinski definition) is 7. The van der Waals surface area contributed by atoms with Gasteiger partial charge in [-0.1, -0.05) is 0 Å². The second-order valence-corrected chi connectivity index (χ2v) is 9.75. The Kier molecular flexibility index (Phi) is 5.18. The van der Waals surface area contributed by atoms with Gasteiger partial charge in [0.05, 0.1) is 23.6 Å². The molecule has 1 fully saturated rings. The zero-order chi connectivity index (χ0) is 22.1. The highest BCUT2D eigenvalue weighted by Crippen LogP contribution is 2.51. The lowest BCUT2D eigenvalue weighted by atomic mass is 9.56. The molecule has 8 nitrogen and oxygen atoms in total. The number of hydrogen-bond donors (Lipinski definition) is 4. The van der Waals surface area contributed by atoms with Gasteiger partial charge in [-0.25, -0.2) is 0 Å². The van der Waals surface area contributed by atoms with Crippen molar-refractivity contribution in [2.24, 2.45) is 29.4 Å². The highest BCUT2D eigenvalue weighted by molar-refractivity contribution is 14.1. The van der Waals surface area contributed by atoms with Gasteiger partial charge in [-0.05, 0) is 79.1 Å². The number of primary amides is 1. The van der Waals surface area contributed by atoms with Crippen molar-refractivity contribution < 1.29 is 29.7 Å². The molecule has 0 aromatic heterocycles. The highest BCUT2D eigenvalue weighted by Gasteiger charge is 2.58. The van der Waals surface area contributed by atoms with Crippen LogP contribution < -0.4 is 5.73 Å². The first-order valence-electron chi connectivity index (χ1n) is 9.72. The number of amides is 1. The number of carbonyl (C=O) groups excluding carboxylic acids is 3. The molecule has 9 heteroatoms. The Hall–Kier alpha value is -1.98. The van der Waals surface area contributed by atoms with Crippen LogP contribution in [0.3, 0.4) is 0 Å². The molecule has 0 spiro atoms. The zero-order valence-corrected chi connectivity index (χ0v) is 18.7. The number of nitrogens with two attached hydrogens (primary N) is 1. The predicted octanol–water partition coefficient (Wildman–Crippen LogP) is 0.775. The Morgan fingerprint density at radius 1 is 1.17 bits per heavy atom. The number of benzene rings is 1. The van der Waals surface area contributed by atoms with Crippen LogP contribution in [0.25, 0.3) is 0 Å². The van der Waals surface area contributed by atoms with E-state index < -0.39 is 52.9 Å². The van der Waals surface area contributed by atoms with Gasteiger partial charge in [-0.15, -0.1) is 0 Å². The molecule has 1 amide bonds. The zero-order valence-electron chi connectivity index (χ0n) is 16.5. The van der Waals surface area contributed by atoms with Crippen LogP contribution in [0.15, 0.2) is 23.5 Å². The number of phenolic OH excluding ortho intramolecular Hbond substituents is 1. The van der Waals surface area contributed by atoms with E-state index >= 15 is 0 Å². The van der Waals surface area contributed by atoms with E-state index in [1.54, 1.807) is 25.1 Å². The van der Waals surface area contributed by atoms with Crippen LogP contribution in [0.5, 0.6) is 5.75 Å². The molecule has 0 heterocycles. The molecule has 160 valence electrons. The normalized spacial score (nSPS) is 33.2. The van der Waals surface area contributed by atoms with Gasteiger partial charge in [0.25, 0.3) is 5.91 Å². The molecule has 30 heavy (non-hydrogen) atoms. The number of aromatic hydroxyl groups is 1. The molecule has 3 aliphatic carbocycles. The molecule has 1 saturated carbocycles. The van der Waals surface area contributed by atoms with Gasteiger partial charge in [-0.3, -0.25) is 19.3 Å². The van der Waals surface area contributed by atoms with E-state index in [2.05, 4.69) is 22.6 Å². The van der Waals surface area contributed by atoms with E-state index in [1.165, 1.54) is 6.07 Å². The van der Waals surface area contributed by atoms with Crippen LogP contribution in [0.2, 0.25) is 0 Å². The van der Waals surface area contributed by atoms with Crippen LogP contribution in [0, 0.1) is 27.2 Å². The van der Waals surface area contributed by atoms with Crippen LogP contribution in [0.1, 0.15) is 22.3 Å². The first-order valence-corrected chi connectivity index (χ1v) is 10.8. The van der Waals surface area contributed by atoms with Crippen LogP contribution in [0.4, 0.5) is 0 Å². The maximum absolute atomic E-state index is 13.3. The minimum absolute atomic E-state index is 0.134. The Morgan fingerprint density at radius 3 is 2.43 bits per heavy atom. The second kappa shape index (κ2) is 7.31. The van der Waals surface area contributed by atoms with Crippen LogP contribution in [-0.2, 0) is 16.0 Å². The molecule has 0 saturated heterocycles. The van der Waals surface area contributed by atoms with Crippen molar-refractivity contribution in [2.75, 3.05) is 14.1 Å². The fourth-order valence-electron chi connectivity index (χ4n) is 5.68. The van der Waals surface area contributed by atoms with Gasteiger partial charge in [0.1, 0.15) is 17.1 Å². The van der Waals surface area contributed by atoms with E-state index in [1.807, 2.05) is 0 Å². The Labute approximate surface area is 186 Å². The number of fused-ring (bicyclic) bond motifs is 3. The Balaban J connectivity index is 1.86. The molecule has 0 radical (unpaired) electrons. The predicted molar refractivity (Wildman–Crippen MR) is 115 cm³/mol. The number of rotatable bonds is 2. The molecular weight excluding hydrogens is 503 g/mol. The summed E-state index contributed by atoms with van der Waals surface area (Å²) >= 11 is 2.12. The number of likely N-dealkylation sites (N-methyl/N-ethyl adjacent to an activating group) is 1. The monoisotopic (exact) mass is 526 g/mol. The smallest absolute Gasteiger partial charge is 0.255 e. The first-order chi connectivity index (χ1) is 14.1. The third kappa shape index (κ3) is 2.89. The number of phenols is 1. The number of Topliss-reactive ketones (excluding diaryl/α,β-unsaturated/α-hetero) is 2. The third-order valence-corrected chi connectivity index (χ3v) is 7.83. The van der Waals surface area contributed by atoms with Gasteiger partial charge < -0.3 is 21.1 Å². The van der Waals surface area contributed by atoms with Crippen molar-refractivity contribution in [3.63, 3.8) is 0 Å².